The summed E-state index contributed by atoms with van der Waals surface area (Å²) < 4.78 is 0. The van der Waals surface area contributed by atoms with Crippen LogP contribution in [-0.2, 0) is 4.79 Å². The minimum Gasteiger partial charge on any atom is -0.356 e. The number of nitrogens with one attached hydrogen (secondary N) is 1. The van der Waals surface area contributed by atoms with Crippen LogP contribution in [0.25, 0.3) is 0 Å². The summed E-state index contributed by atoms with van der Waals surface area (Å²) in [6.07, 6.45) is 12.1. The molecule has 6 nitrogen and oxygen atoms in total. The van der Waals surface area contributed by atoms with Crippen molar-refractivity contribution >= 4 is 11.9 Å². The number of hydrogen-bond donors (Lipinski definition) is 1. The lowest BCUT2D eigenvalue weighted by molar-refractivity contribution is -0.127. The van der Waals surface area contributed by atoms with Crippen molar-refractivity contribution in [1.82, 2.24) is 20.0 Å². The predicted octanol–water partition coefficient (Wildman–Crippen LogP) is 2.41. The van der Waals surface area contributed by atoms with Gasteiger partial charge in [0.2, 0.25) is 5.91 Å². The fourth-order valence-electron chi connectivity index (χ4n) is 4.86. The summed E-state index contributed by atoms with van der Waals surface area (Å²) in [5, 5.41) is 3.64. The van der Waals surface area contributed by atoms with E-state index in [4.69, 9.17) is 4.99 Å². The molecule has 1 unspecified atom stereocenters. The largest absolute Gasteiger partial charge is 0.356 e. The second-order valence-corrected chi connectivity index (χ2v) is 9.27. The highest BCUT2D eigenvalue weighted by molar-refractivity contribution is 5.85. The van der Waals surface area contributed by atoms with E-state index >= 15 is 0 Å². The van der Waals surface area contributed by atoms with Crippen molar-refractivity contribution in [3.63, 3.8) is 0 Å². The van der Waals surface area contributed by atoms with Crippen molar-refractivity contribution in [2.24, 2.45) is 16.8 Å². The Morgan fingerprint density at radius 2 is 1.68 bits per heavy atom. The maximum Gasteiger partial charge on any atom is 0.243 e. The first-order valence-electron chi connectivity index (χ1n) is 11.6. The number of likely N-dealkylation sites (N-methyl/N-ethyl adjacent to an activating group) is 1. The normalized spacial score (nSPS) is 25.1. The molecule has 2 heterocycles. The molecule has 0 aromatic carbocycles. The number of carbonyl (C=O) groups excluding carboxylic acids is 1. The van der Waals surface area contributed by atoms with E-state index in [1.165, 1.54) is 77.4 Å². The Hall–Kier alpha value is -1.30. The number of amides is 1. The molecule has 0 bridgehead atoms. The van der Waals surface area contributed by atoms with E-state index in [0.29, 0.717) is 0 Å². The summed E-state index contributed by atoms with van der Waals surface area (Å²) in [6, 6.07) is 0. The van der Waals surface area contributed by atoms with Crippen LogP contribution in [0.3, 0.4) is 0 Å². The molecule has 1 aliphatic carbocycles. The molecule has 3 aliphatic rings. The van der Waals surface area contributed by atoms with Crippen molar-refractivity contribution in [3.05, 3.63) is 0 Å². The maximum absolute atomic E-state index is 12.1. The Bertz CT molecular complexity index is 509. The lowest BCUT2D eigenvalue weighted by atomic mass is 9.89. The van der Waals surface area contributed by atoms with Crippen LogP contribution in [0.2, 0.25) is 0 Å². The van der Waals surface area contributed by atoms with E-state index < -0.39 is 0 Å². The SMILES string of the molecule is CN(C)C(=O)CN=C(NCC1CCCCC1)N1CCC(CN2CCCCC2)C1. The molecule has 3 fully saturated rings. The number of aliphatic imine (C=N–C) groups is 1. The Morgan fingerprint density at radius 3 is 2.39 bits per heavy atom. The molecular weight excluding hydrogens is 350 g/mol. The molecule has 1 amide bonds. The third-order valence-electron chi connectivity index (χ3n) is 6.69. The zero-order valence-electron chi connectivity index (χ0n) is 18.2. The third kappa shape index (κ3) is 6.64. The molecule has 6 heteroatoms. The van der Waals surface area contributed by atoms with Gasteiger partial charge in [-0.2, -0.15) is 0 Å². The summed E-state index contributed by atoms with van der Waals surface area (Å²) >= 11 is 0. The van der Waals surface area contributed by atoms with Crippen molar-refractivity contribution in [2.45, 2.75) is 57.8 Å². The van der Waals surface area contributed by atoms with Crippen LogP contribution in [0, 0.1) is 11.8 Å². The number of rotatable bonds is 6. The van der Waals surface area contributed by atoms with Gasteiger partial charge >= 0.3 is 0 Å². The van der Waals surface area contributed by atoms with Gasteiger partial charge in [-0.25, -0.2) is 4.99 Å². The zero-order valence-corrected chi connectivity index (χ0v) is 18.2. The summed E-state index contributed by atoms with van der Waals surface area (Å²) in [5.74, 6) is 2.52. The molecule has 3 rings (SSSR count). The second kappa shape index (κ2) is 11.0. The van der Waals surface area contributed by atoms with Crippen LogP contribution in [-0.4, -0.2) is 86.5 Å². The van der Waals surface area contributed by atoms with Crippen LogP contribution < -0.4 is 5.32 Å². The summed E-state index contributed by atoms with van der Waals surface area (Å²) in [4.78, 5) is 23.5. The van der Waals surface area contributed by atoms with E-state index in [1.54, 1.807) is 19.0 Å². The Balaban J connectivity index is 1.54. The van der Waals surface area contributed by atoms with E-state index in [0.717, 1.165) is 37.4 Å². The van der Waals surface area contributed by atoms with Gasteiger partial charge in [-0.05, 0) is 57.0 Å². The van der Waals surface area contributed by atoms with E-state index in [2.05, 4.69) is 15.1 Å². The van der Waals surface area contributed by atoms with Gasteiger partial charge in [0.25, 0.3) is 0 Å². The number of carbonyl (C=O) groups is 1. The Morgan fingerprint density at radius 1 is 0.964 bits per heavy atom. The molecule has 160 valence electrons. The number of piperidine rings is 1. The van der Waals surface area contributed by atoms with Crippen molar-refractivity contribution < 1.29 is 4.79 Å². The second-order valence-electron chi connectivity index (χ2n) is 9.27. The van der Waals surface area contributed by atoms with Crippen LogP contribution in [0.4, 0.5) is 0 Å². The van der Waals surface area contributed by atoms with Crippen LogP contribution in [0.5, 0.6) is 0 Å². The molecule has 0 aromatic heterocycles. The highest BCUT2D eigenvalue weighted by Gasteiger charge is 2.27. The fourth-order valence-corrected chi connectivity index (χ4v) is 4.86. The molecule has 2 aliphatic heterocycles. The number of hydrogen-bond acceptors (Lipinski definition) is 3. The maximum atomic E-state index is 12.1. The first kappa shape index (κ1) is 21.4. The Kier molecular flexibility index (Phi) is 8.44. The van der Waals surface area contributed by atoms with Gasteiger partial charge in [0.15, 0.2) is 5.96 Å². The molecule has 2 saturated heterocycles. The van der Waals surface area contributed by atoms with E-state index in [9.17, 15) is 4.79 Å². The number of likely N-dealkylation sites (tertiary alicyclic amines) is 2. The molecule has 0 spiro atoms. The topological polar surface area (TPSA) is 51.2 Å². The molecular formula is C22H41N5O. The van der Waals surface area contributed by atoms with Gasteiger partial charge in [-0.15, -0.1) is 0 Å². The van der Waals surface area contributed by atoms with Crippen LogP contribution >= 0.6 is 0 Å². The fraction of sp³-hybridized carbons (Fsp3) is 0.909. The molecule has 1 saturated carbocycles. The van der Waals surface area contributed by atoms with Crippen molar-refractivity contribution in [3.8, 4) is 0 Å². The lowest BCUT2D eigenvalue weighted by Crippen LogP contribution is -2.43. The van der Waals surface area contributed by atoms with Gasteiger partial charge in [0.05, 0.1) is 0 Å². The van der Waals surface area contributed by atoms with Crippen LogP contribution in [0.15, 0.2) is 4.99 Å². The highest BCUT2D eigenvalue weighted by atomic mass is 16.2. The minimum atomic E-state index is 0.0704. The monoisotopic (exact) mass is 391 g/mol. The quantitative estimate of drug-likeness (QED) is 0.558. The summed E-state index contributed by atoms with van der Waals surface area (Å²) in [6.45, 7) is 7.15. The van der Waals surface area contributed by atoms with Gasteiger partial charge in [0.1, 0.15) is 6.54 Å². The molecule has 1 atom stereocenters. The zero-order chi connectivity index (χ0) is 19.8. The summed E-state index contributed by atoms with van der Waals surface area (Å²) in [7, 11) is 3.61. The molecule has 0 radical (unpaired) electrons. The molecule has 1 N–H and O–H groups in total. The molecule has 0 aromatic rings. The van der Waals surface area contributed by atoms with Crippen molar-refractivity contribution in [2.75, 3.05) is 59.9 Å². The molecule has 28 heavy (non-hydrogen) atoms. The minimum absolute atomic E-state index is 0.0704. The lowest BCUT2D eigenvalue weighted by Gasteiger charge is -2.29. The van der Waals surface area contributed by atoms with Crippen LogP contribution in [0.1, 0.15) is 57.8 Å². The predicted molar refractivity (Wildman–Crippen MR) is 116 cm³/mol. The number of nitrogens with zero attached hydrogens (tertiary/aromatic N) is 4. The standard InChI is InChI=1S/C22H41N5O/c1-25(2)21(28)16-24-22(23-15-19-9-5-3-6-10-19)27-14-11-20(18-27)17-26-12-7-4-8-13-26/h19-20H,3-18H2,1-2H3,(H,23,24). The number of guanidine groups is 1. The first-order chi connectivity index (χ1) is 13.6. The average molecular weight is 392 g/mol. The smallest absolute Gasteiger partial charge is 0.243 e. The van der Waals surface area contributed by atoms with Gasteiger partial charge in [0, 0.05) is 40.3 Å². The highest BCUT2D eigenvalue weighted by Crippen LogP contribution is 2.23. The summed E-state index contributed by atoms with van der Waals surface area (Å²) in [5.41, 5.74) is 0. The Labute approximate surface area is 171 Å². The van der Waals surface area contributed by atoms with E-state index in [1.807, 2.05) is 0 Å². The van der Waals surface area contributed by atoms with Gasteiger partial charge in [-0.3, -0.25) is 4.79 Å². The van der Waals surface area contributed by atoms with Gasteiger partial charge < -0.3 is 20.0 Å². The first-order valence-corrected chi connectivity index (χ1v) is 11.6. The van der Waals surface area contributed by atoms with E-state index in [-0.39, 0.29) is 12.5 Å². The van der Waals surface area contributed by atoms with Crippen molar-refractivity contribution in [1.29, 1.82) is 0 Å². The van der Waals surface area contributed by atoms with Gasteiger partial charge in [-0.1, -0.05) is 25.7 Å². The average Bonchev–Trinajstić information content (AvgIpc) is 3.17. The third-order valence-corrected chi connectivity index (χ3v) is 6.69.